The molecule has 0 fully saturated rings. The quantitative estimate of drug-likeness (QED) is 0.554. The molecule has 0 aliphatic heterocycles. The Labute approximate surface area is 86.1 Å². The third kappa shape index (κ3) is 7.25. The molecular formula is C8H20N2O3S. The van der Waals surface area contributed by atoms with Crippen LogP contribution in [0.3, 0.4) is 0 Å². The van der Waals surface area contributed by atoms with E-state index in [9.17, 15) is 8.42 Å². The van der Waals surface area contributed by atoms with Crippen LogP contribution in [0, 0.1) is 0 Å². The van der Waals surface area contributed by atoms with E-state index in [1.165, 1.54) is 0 Å². The SMILES string of the molecule is CCC(N)CNS(=O)(=O)CCCOC. The van der Waals surface area contributed by atoms with Gasteiger partial charge in [-0.1, -0.05) is 6.92 Å². The second kappa shape index (κ2) is 7.17. The maximum Gasteiger partial charge on any atom is 0.211 e. The zero-order valence-corrected chi connectivity index (χ0v) is 9.64. The predicted octanol–water partition coefficient (Wildman–Crippen LogP) is -0.320. The normalized spacial score (nSPS) is 14.2. The molecule has 0 bridgehead atoms. The highest BCUT2D eigenvalue weighted by Crippen LogP contribution is 1.91. The van der Waals surface area contributed by atoms with E-state index >= 15 is 0 Å². The van der Waals surface area contributed by atoms with Gasteiger partial charge in [-0.25, -0.2) is 13.1 Å². The van der Waals surface area contributed by atoms with Crippen molar-refractivity contribution in [2.45, 2.75) is 25.8 Å². The van der Waals surface area contributed by atoms with Crippen LogP contribution in [-0.2, 0) is 14.8 Å². The zero-order chi connectivity index (χ0) is 11.0. The molecule has 0 aromatic rings. The summed E-state index contributed by atoms with van der Waals surface area (Å²) < 4.78 is 29.8. The first-order valence-electron chi connectivity index (χ1n) is 4.73. The van der Waals surface area contributed by atoms with Gasteiger partial charge in [-0.05, 0) is 12.8 Å². The summed E-state index contributed by atoms with van der Waals surface area (Å²) in [4.78, 5) is 0. The molecular weight excluding hydrogens is 204 g/mol. The van der Waals surface area contributed by atoms with Crippen LogP contribution in [0.1, 0.15) is 19.8 Å². The smallest absolute Gasteiger partial charge is 0.211 e. The van der Waals surface area contributed by atoms with Gasteiger partial charge in [0, 0.05) is 26.3 Å². The summed E-state index contributed by atoms with van der Waals surface area (Å²) >= 11 is 0. The van der Waals surface area contributed by atoms with Crippen LogP contribution in [0.5, 0.6) is 0 Å². The van der Waals surface area contributed by atoms with Crippen molar-refractivity contribution in [3.05, 3.63) is 0 Å². The molecule has 0 heterocycles. The van der Waals surface area contributed by atoms with Crippen molar-refractivity contribution in [1.82, 2.24) is 4.72 Å². The maximum absolute atomic E-state index is 11.3. The average Bonchev–Trinajstić information content (AvgIpc) is 2.14. The molecule has 0 saturated carbocycles. The lowest BCUT2D eigenvalue weighted by molar-refractivity contribution is 0.199. The van der Waals surface area contributed by atoms with Crippen LogP contribution in [0.15, 0.2) is 0 Å². The summed E-state index contributed by atoms with van der Waals surface area (Å²) in [6.07, 6.45) is 1.27. The van der Waals surface area contributed by atoms with Crippen molar-refractivity contribution in [3.63, 3.8) is 0 Å². The molecule has 14 heavy (non-hydrogen) atoms. The number of nitrogens with one attached hydrogen (secondary N) is 1. The molecule has 0 aromatic heterocycles. The van der Waals surface area contributed by atoms with Crippen LogP contribution >= 0.6 is 0 Å². The molecule has 6 heteroatoms. The van der Waals surface area contributed by atoms with E-state index in [1.807, 2.05) is 6.92 Å². The van der Waals surface area contributed by atoms with Crippen LogP contribution in [0.4, 0.5) is 0 Å². The van der Waals surface area contributed by atoms with E-state index in [1.54, 1.807) is 7.11 Å². The number of hydrogen-bond donors (Lipinski definition) is 2. The Morgan fingerprint density at radius 1 is 1.50 bits per heavy atom. The summed E-state index contributed by atoms with van der Waals surface area (Å²) in [7, 11) is -1.62. The lowest BCUT2D eigenvalue weighted by Gasteiger charge is -2.10. The molecule has 0 rings (SSSR count). The zero-order valence-electron chi connectivity index (χ0n) is 8.82. The molecule has 0 aromatic carbocycles. The van der Waals surface area contributed by atoms with Crippen molar-refractivity contribution in [2.24, 2.45) is 5.73 Å². The van der Waals surface area contributed by atoms with Gasteiger partial charge < -0.3 is 10.5 Å². The Kier molecular flexibility index (Phi) is 7.08. The molecule has 86 valence electrons. The molecule has 1 unspecified atom stereocenters. The van der Waals surface area contributed by atoms with Gasteiger partial charge >= 0.3 is 0 Å². The number of sulfonamides is 1. The van der Waals surface area contributed by atoms with Crippen molar-refractivity contribution in [1.29, 1.82) is 0 Å². The molecule has 0 aliphatic carbocycles. The Morgan fingerprint density at radius 2 is 2.14 bits per heavy atom. The van der Waals surface area contributed by atoms with Gasteiger partial charge in [-0.15, -0.1) is 0 Å². The first-order chi connectivity index (χ1) is 6.52. The Bertz CT molecular complexity index is 229. The number of nitrogens with two attached hydrogens (primary N) is 1. The summed E-state index contributed by atoms with van der Waals surface area (Å²) in [6.45, 7) is 2.69. The van der Waals surface area contributed by atoms with Crippen molar-refractivity contribution in [3.8, 4) is 0 Å². The Balaban J connectivity index is 3.73. The van der Waals surface area contributed by atoms with Gasteiger partial charge in [0.25, 0.3) is 0 Å². The highest BCUT2D eigenvalue weighted by Gasteiger charge is 2.10. The lowest BCUT2D eigenvalue weighted by Crippen LogP contribution is -2.37. The summed E-state index contributed by atoms with van der Waals surface area (Å²) in [5.74, 6) is 0.0945. The second-order valence-corrected chi connectivity index (χ2v) is 5.11. The van der Waals surface area contributed by atoms with Crippen molar-refractivity contribution >= 4 is 10.0 Å². The topological polar surface area (TPSA) is 81.4 Å². The van der Waals surface area contributed by atoms with E-state index < -0.39 is 10.0 Å². The minimum atomic E-state index is -3.17. The standard InChI is InChI=1S/C8H20N2O3S/c1-3-8(9)7-10-14(11,12)6-4-5-13-2/h8,10H,3-7,9H2,1-2H3. The average molecular weight is 224 g/mol. The highest BCUT2D eigenvalue weighted by atomic mass is 32.2. The Hall–Kier alpha value is -0.170. The third-order valence-electron chi connectivity index (χ3n) is 1.85. The molecule has 5 nitrogen and oxygen atoms in total. The molecule has 1 atom stereocenters. The van der Waals surface area contributed by atoms with Crippen LogP contribution < -0.4 is 10.5 Å². The number of methoxy groups -OCH3 is 1. The fraction of sp³-hybridized carbons (Fsp3) is 1.00. The first-order valence-corrected chi connectivity index (χ1v) is 6.39. The molecule has 0 amide bonds. The van der Waals surface area contributed by atoms with Crippen molar-refractivity contribution < 1.29 is 13.2 Å². The van der Waals surface area contributed by atoms with Gasteiger partial charge in [0.2, 0.25) is 10.0 Å². The molecule has 0 spiro atoms. The first kappa shape index (κ1) is 13.8. The fourth-order valence-electron chi connectivity index (χ4n) is 0.844. The van der Waals surface area contributed by atoms with Gasteiger partial charge in [-0.3, -0.25) is 0 Å². The van der Waals surface area contributed by atoms with Gasteiger partial charge in [-0.2, -0.15) is 0 Å². The number of ether oxygens (including phenoxy) is 1. The van der Waals surface area contributed by atoms with Crippen LogP contribution in [0.25, 0.3) is 0 Å². The van der Waals surface area contributed by atoms with E-state index in [0.717, 1.165) is 6.42 Å². The van der Waals surface area contributed by atoms with Gasteiger partial charge in [0.05, 0.1) is 5.75 Å². The van der Waals surface area contributed by atoms with Gasteiger partial charge in [0.1, 0.15) is 0 Å². The van der Waals surface area contributed by atoms with E-state index in [0.29, 0.717) is 19.6 Å². The van der Waals surface area contributed by atoms with Crippen LogP contribution in [-0.4, -0.2) is 40.5 Å². The van der Waals surface area contributed by atoms with E-state index in [2.05, 4.69) is 4.72 Å². The molecule has 0 radical (unpaired) electrons. The number of hydrogen-bond acceptors (Lipinski definition) is 4. The van der Waals surface area contributed by atoms with Gasteiger partial charge in [0.15, 0.2) is 0 Å². The second-order valence-electron chi connectivity index (χ2n) is 3.18. The largest absolute Gasteiger partial charge is 0.385 e. The van der Waals surface area contributed by atoms with E-state index in [4.69, 9.17) is 10.5 Å². The third-order valence-corrected chi connectivity index (χ3v) is 3.28. The fourth-order valence-corrected chi connectivity index (χ4v) is 1.95. The monoisotopic (exact) mass is 224 g/mol. The minimum absolute atomic E-state index is 0.0945. The molecule has 0 aliphatic rings. The van der Waals surface area contributed by atoms with E-state index in [-0.39, 0.29) is 11.8 Å². The molecule has 0 saturated heterocycles. The predicted molar refractivity (Wildman–Crippen MR) is 56.5 cm³/mol. The lowest BCUT2D eigenvalue weighted by atomic mass is 10.2. The minimum Gasteiger partial charge on any atom is -0.385 e. The number of rotatable bonds is 8. The summed E-state index contributed by atoms with van der Waals surface area (Å²) in [6, 6.07) is -0.104. The Morgan fingerprint density at radius 3 is 2.64 bits per heavy atom. The summed E-state index contributed by atoms with van der Waals surface area (Å²) in [5, 5.41) is 0. The van der Waals surface area contributed by atoms with Crippen LogP contribution in [0.2, 0.25) is 0 Å². The highest BCUT2D eigenvalue weighted by molar-refractivity contribution is 7.89. The summed E-state index contributed by atoms with van der Waals surface area (Å²) in [5.41, 5.74) is 5.58. The molecule has 3 N–H and O–H groups in total. The van der Waals surface area contributed by atoms with Crippen molar-refractivity contribution in [2.75, 3.05) is 26.0 Å². The maximum atomic E-state index is 11.3.